The van der Waals surface area contributed by atoms with Crippen molar-refractivity contribution in [1.29, 1.82) is 0 Å². The molecule has 0 aromatic rings. The molecule has 1 rings (SSSR count). The van der Waals surface area contributed by atoms with Crippen LogP contribution in [-0.2, 0) is 19.1 Å². The first kappa shape index (κ1) is 46.6. The summed E-state index contributed by atoms with van der Waals surface area (Å²) in [6.45, 7) is 14.7. The van der Waals surface area contributed by atoms with Gasteiger partial charge in [-0.25, -0.2) is 0 Å². The van der Waals surface area contributed by atoms with Crippen LogP contribution >= 0.6 is 25.3 Å². The zero-order chi connectivity index (χ0) is 35.8. The van der Waals surface area contributed by atoms with E-state index in [2.05, 4.69) is 48.9 Å². The maximum atomic E-state index is 12.4. The number of piperazine rings is 1. The van der Waals surface area contributed by atoms with Gasteiger partial charge in [0.15, 0.2) is 0 Å². The van der Waals surface area contributed by atoms with E-state index in [-0.39, 0.29) is 16.5 Å². The molecule has 1 unspecified atom stereocenters. The van der Waals surface area contributed by atoms with Crippen LogP contribution in [0.15, 0.2) is 0 Å². The second kappa shape index (κ2) is 33.4. The van der Waals surface area contributed by atoms with E-state index >= 15 is 0 Å². The zero-order valence-electron chi connectivity index (χ0n) is 32.5. The summed E-state index contributed by atoms with van der Waals surface area (Å²) in [4.78, 5) is 29.9. The number of esters is 2. The van der Waals surface area contributed by atoms with Crippen molar-refractivity contribution in [1.82, 2.24) is 9.80 Å². The molecule has 0 aromatic heterocycles. The second-order valence-corrected chi connectivity index (χ2v) is 16.6. The average molecular weight is 729 g/mol. The largest absolute Gasteiger partial charge is 0.466 e. The van der Waals surface area contributed by atoms with E-state index in [0.717, 1.165) is 96.4 Å². The number of ether oxygens (including phenoxy) is 2. The highest BCUT2D eigenvalue weighted by atomic mass is 32.2. The normalized spacial score (nSPS) is 14.9. The molecule has 1 fully saturated rings. The number of rotatable bonds is 34. The molecule has 0 amide bonds. The van der Waals surface area contributed by atoms with Crippen LogP contribution in [0, 0.1) is 11.8 Å². The lowest BCUT2D eigenvalue weighted by Gasteiger charge is -2.34. The Morgan fingerprint density at radius 2 is 0.980 bits per heavy atom. The van der Waals surface area contributed by atoms with E-state index in [9.17, 15) is 9.59 Å². The van der Waals surface area contributed by atoms with Crippen molar-refractivity contribution in [2.45, 2.75) is 186 Å². The minimum absolute atomic E-state index is 0.00511. The fourth-order valence-electron chi connectivity index (χ4n) is 7.15. The number of hydrogen-bond donors (Lipinski definition) is 2. The summed E-state index contributed by atoms with van der Waals surface area (Å²) >= 11 is 8.75. The molecule has 1 aliphatic heterocycles. The molecule has 8 heteroatoms. The first-order valence-corrected chi connectivity index (χ1v) is 22.0. The minimum atomic E-state index is -0.0241. The molecule has 290 valence electrons. The van der Waals surface area contributed by atoms with Gasteiger partial charge in [-0.05, 0) is 76.3 Å². The van der Waals surface area contributed by atoms with Gasteiger partial charge in [-0.15, -0.1) is 0 Å². The van der Waals surface area contributed by atoms with Gasteiger partial charge in [0.1, 0.15) is 0 Å². The Morgan fingerprint density at radius 3 is 1.51 bits per heavy atom. The van der Waals surface area contributed by atoms with Crippen molar-refractivity contribution in [3.05, 3.63) is 0 Å². The van der Waals surface area contributed by atoms with Crippen molar-refractivity contribution in [3.63, 3.8) is 0 Å². The highest BCUT2D eigenvalue weighted by Gasteiger charge is 2.18. The molecule has 0 radical (unpaired) electrons. The van der Waals surface area contributed by atoms with Gasteiger partial charge < -0.3 is 19.3 Å². The highest BCUT2D eigenvalue weighted by molar-refractivity contribution is 7.99. The van der Waals surface area contributed by atoms with Gasteiger partial charge in [-0.2, -0.15) is 25.3 Å². The topological polar surface area (TPSA) is 59.1 Å². The van der Waals surface area contributed by atoms with Crippen molar-refractivity contribution < 1.29 is 19.1 Å². The molecule has 0 bridgehead atoms. The van der Waals surface area contributed by atoms with Crippen molar-refractivity contribution >= 4 is 37.2 Å². The van der Waals surface area contributed by atoms with E-state index in [1.165, 1.54) is 96.4 Å². The van der Waals surface area contributed by atoms with Gasteiger partial charge in [0.05, 0.1) is 13.2 Å². The summed E-state index contributed by atoms with van der Waals surface area (Å²) < 4.78 is 11.2. The Bertz CT molecular complexity index is 752. The molecular weight excluding hydrogens is 649 g/mol. The number of hydrogen-bond acceptors (Lipinski definition) is 8. The van der Waals surface area contributed by atoms with E-state index in [4.69, 9.17) is 9.47 Å². The van der Waals surface area contributed by atoms with Gasteiger partial charge in [0, 0.05) is 43.6 Å². The fraction of sp³-hybridized carbons (Fsp3) is 0.951. The molecule has 0 aromatic carbocycles. The Hall–Kier alpha value is -0.440. The van der Waals surface area contributed by atoms with Gasteiger partial charge in [-0.3, -0.25) is 9.59 Å². The number of thiol groups is 2. The number of carbonyl (C=O) groups is 2. The fourth-order valence-corrected chi connectivity index (χ4v) is 7.51. The number of unbranched alkanes of at least 4 members (excludes halogenated alkanes) is 11. The molecule has 1 aliphatic rings. The van der Waals surface area contributed by atoms with Crippen LogP contribution < -0.4 is 0 Å². The second-order valence-electron chi connectivity index (χ2n) is 15.0. The molecule has 0 N–H and O–H groups in total. The quantitative estimate of drug-likeness (QED) is 0.0298. The van der Waals surface area contributed by atoms with Crippen LogP contribution in [0.4, 0.5) is 0 Å². The summed E-state index contributed by atoms with van der Waals surface area (Å²) in [6.07, 6.45) is 28.6. The van der Waals surface area contributed by atoms with E-state index < -0.39 is 0 Å². The van der Waals surface area contributed by atoms with Crippen LogP contribution in [0.1, 0.15) is 181 Å². The lowest BCUT2D eigenvalue weighted by atomic mass is 9.92. The van der Waals surface area contributed by atoms with Gasteiger partial charge in [0.25, 0.3) is 0 Å². The lowest BCUT2D eigenvalue weighted by molar-refractivity contribution is -0.145. The summed E-state index contributed by atoms with van der Waals surface area (Å²) in [6, 6.07) is 0. The predicted molar refractivity (Wildman–Crippen MR) is 216 cm³/mol. The summed E-state index contributed by atoms with van der Waals surface area (Å²) in [7, 11) is 0. The lowest BCUT2D eigenvalue weighted by Crippen LogP contribution is -2.46. The van der Waals surface area contributed by atoms with Crippen LogP contribution in [0.2, 0.25) is 0 Å². The third kappa shape index (κ3) is 28.8. The molecule has 6 nitrogen and oxygen atoms in total. The standard InChI is InChI=1S/C41H80N2O4S2/c1-4-7-9-13-21-37(22-14-10-8-5-2)27-35-47-39(44)25-16-12-20-29-43-32-30-42(31-33-43)28-19-11-15-23-38(24-17-18-26-41(48)49)36-40(45)46-34-6-3/h37-38,41,48-49H,4-36H2,1-3H3. The first-order chi connectivity index (χ1) is 23.9. The van der Waals surface area contributed by atoms with Crippen molar-refractivity contribution in [2.24, 2.45) is 11.8 Å². The third-order valence-electron chi connectivity index (χ3n) is 10.4. The van der Waals surface area contributed by atoms with Crippen molar-refractivity contribution in [3.8, 4) is 0 Å². The smallest absolute Gasteiger partial charge is 0.306 e. The van der Waals surface area contributed by atoms with E-state index in [1.807, 2.05) is 6.92 Å². The molecule has 0 aliphatic carbocycles. The van der Waals surface area contributed by atoms with E-state index in [1.54, 1.807) is 0 Å². The van der Waals surface area contributed by atoms with Gasteiger partial charge >= 0.3 is 11.9 Å². The van der Waals surface area contributed by atoms with Crippen LogP contribution in [0.5, 0.6) is 0 Å². The van der Waals surface area contributed by atoms with Crippen LogP contribution in [0.25, 0.3) is 0 Å². The summed E-state index contributed by atoms with van der Waals surface area (Å²) in [5.41, 5.74) is 0. The molecule has 1 atom stereocenters. The predicted octanol–water partition coefficient (Wildman–Crippen LogP) is 10.9. The van der Waals surface area contributed by atoms with Gasteiger partial charge in [-0.1, -0.05) is 117 Å². The molecule has 0 spiro atoms. The van der Waals surface area contributed by atoms with E-state index in [0.29, 0.717) is 32.0 Å². The average Bonchev–Trinajstić information content (AvgIpc) is 3.09. The minimum Gasteiger partial charge on any atom is -0.466 e. The highest BCUT2D eigenvalue weighted by Crippen LogP contribution is 2.24. The molecule has 1 saturated heterocycles. The zero-order valence-corrected chi connectivity index (χ0v) is 34.3. The SMILES string of the molecule is CCCCCCC(CCCCCC)CCOC(=O)CCCCCN1CCN(CCCCCC(CCCCC(S)S)CC(=O)OCCC)CC1. The first-order valence-electron chi connectivity index (χ1n) is 21.0. The molecular formula is C41H80N2O4S2. The summed E-state index contributed by atoms with van der Waals surface area (Å²) in [5.74, 6) is 1.14. The molecule has 0 saturated carbocycles. The van der Waals surface area contributed by atoms with Crippen LogP contribution in [0.3, 0.4) is 0 Å². The Labute approximate surface area is 315 Å². The third-order valence-corrected chi connectivity index (χ3v) is 10.9. The van der Waals surface area contributed by atoms with Crippen LogP contribution in [-0.4, -0.2) is 78.8 Å². The van der Waals surface area contributed by atoms with Gasteiger partial charge in [0.2, 0.25) is 0 Å². The maximum absolute atomic E-state index is 12.4. The Morgan fingerprint density at radius 1 is 0.510 bits per heavy atom. The maximum Gasteiger partial charge on any atom is 0.306 e. The van der Waals surface area contributed by atoms with Crippen molar-refractivity contribution in [2.75, 3.05) is 52.5 Å². The monoisotopic (exact) mass is 729 g/mol. The Balaban J connectivity index is 2.12. The summed E-state index contributed by atoms with van der Waals surface area (Å²) in [5, 5.41) is 0. The number of carbonyl (C=O) groups excluding carboxylic acids is 2. The molecule has 49 heavy (non-hydrogen) atoms. The Kier molecular flexibility index (Phi) is 31.8. The molecule has 1 heterocycles. The number of nitrogens with zero attached hydrogens (tertiary/aromatic N) is 2.